The number of nitrogens with zero attached hydrogens (tertiary/aromatic N) is 1. The van der Waals surface area contributed by atoms with Crippen LogP contribution in [0.5, 0.6) is 0 Å². The molecule has 1 radical (unpaired) electrons. The van der Waals surface area contributed by atoms with Crippen LogP contribution in [0.4, 0.5) is 8.78 Å². The van der Waals surface area contributed by atoms with Gasteiger partial charge in [-0.15, -0.1) is 0 Å². The molecular weight excluding hydrogens is 138 g/mol. The minimum Gasteiger partial charge on any atom is -0.285 e. The van der Waals surface area contributed by atoms with Gasteiger partial charge >= 0.3 is 0 Å². The van der Waals surface area contributed by atoms with E-state index in [2.05, 4.69) is 17.1 Å². The number of hydrogen-bond acceptors (Lipinski definition) is 1. The van der Waals surface area contributed by atoms with Gasteiger partial charge < -0.3 is 0 Å². The summed E-state index contributed by atoms with van der Waals surface area (Å²) in [6, 6.07) is 0. The molecular formula is C6H7F2N2. The van der Waals surface area contributed by atoms with E-state index in [-0.39, 0.29) is 5.69 Å². The lowest BCUT2D eigenvalue weighted by atomic mass is 10.2. The molecule has 0 bridgehead atoms. The van der Waals surface area contributed by atoms with Crippen LogP contribution in [0.15, 0.2) is 6.20 Å². The molecule has 1 aromatic heterocycles. The second-order valence-corrected chi connectivity index (χ2v) is 1.85. The summed E-state index contributed by atoms with van der Waals surface area (Å²) in [6.45, 7) is 3.48. The van der Waals surface area contributed by atoms with E-state index in [0.717, 1.165) is 0 Å². The van der Waals surface area contributed by atoms with Crippen LogP contribution in [0.3, 0.4) is 0 Å². The number of alkyl halides is 2. The molecule has 0 spiro atoms. The van der Waals surface area contributed by atoms with Gasteiger partial charge in [-0.2, -0.15) is 5.10 Å². The minimum absolute atomic E-state index is 0.185. The maximum Gasteiger partial charge on any atom is 0.282 e. The van der Waals surface area contributed by atoms with Gasteiger partial charge in [0.2, 0.25) is 0 Å². The highest BCUT2D eigenvalue weighted by Crippen LogP contribution is 2.19. The fourth-order valence-electron chi connectivity index (χ4n) is 0.715. The maximum atomic E-state index is 11.9. The fraction of sp³-hybridized carbons (Fsp3) is 0.333. The average molecular weight is 145 g/mol. The van der Waals surface area contributed by atoms with Crippen molar-refractivity contribution in [2.24, 2.45) is 0 Å². The molecule has 0 saturated carbocycles. The zero-order valence-corrected chi connectivity index (χ0v) is 5.27. The first-order valence-corrected chi connectivity index (χ1v) is 2.85. The molecule has 1 rings (SSSR count). The summed E-state index contributed by atoms with van der Waals surface area (Å²) < 4.78 is 23.9. The van der Waals surface area contributed by atoms with Crippen molar-refractivity contribution in [1.29, 1.82) is 0 Å². The summed E-state index contributed by atoms with van der Waals surface area (Å²) in [5.41, 5.74) is 0.296. The third-order valence-electron chi connectivity index (χ3n) is 1.23. The molecule has 0 atom stereocenters. The Bertz CT molecular complexity index is 207. The first-order chi connectivity index (χ1) is 4.75. The summed E-state index contributed by atoms with van der Waals surface area (Å²) in [5.74, 6) is 0. The Morgan fingerprint density at radius 2 is 2.40 bits per heavy atom. The predicted molar refractivity (Wildman–Crippen MR) is 32.6 cm³/mol. The van der Waals surface area contributed by atoms with Crippen molar-refractivity contribution in [3.8, 4) is 0 Å². The smallest absolute Gasteiger partial charge is 0.282 e. The molecule has 0 amide bonds. The van der Waals surface area contributed by atoms with Gasteiger partial charge in [-0.25, -0.2) is 8.78 Å². The lowest BCUT2D eigenvalue weighted by Gasteiger charge is -1.94. The SMILES string of the molecule is [CH2]Cc1c[nH]nc1C(F)F. The summed E-state index contributed by atoms with van der Waals surface area (Å²) >= 11 is 0. The molecule has 55 valence electrons. The van der Waals surface area contributed by atoms with Gasteiger partial charge in [-0.3, -0.25) is 5.10 Å². The number of rotatable bonds is 2. The molecule has 0 fully saturated rings. The number of nitrogens with one attached hydrogen (secondary N) is 1. The van der Waals surface area contributed by atoms with E-state index in [1.165, 1.54) is 6.20 Å². The molecule has 4 heteroatoms. The van der Waals surface area contributed by atoms with Crippen molar-refractivity contribution in [2.75, 3.05) is 0 Å². The van der Waals surface area contributed by atoms with Gasteiger partial charge in [0.15, 0.2) is 0 Å². The average Bonchev–Trinajstić information content (AvgIpc) is 2.33. The third-order valence-corrected chi connectivity index (χ3v) is 1.23. The molecule has 0 aliphatic carbocycles. The van der Waals surface area contributed by atoms with Crippen LogP contribution in [0.2, 0.25) is 0 Å². The van der Waals surface area contributed by atoms with Crippen LogP contribution in [-0.2, 0) is 6.42 Å². The summed E-state index contributed by atoms with van der Waals surface area (Å²) in [6.07, 6.45) is -0.715. The normalized spacial score (nSPS) is 10.8. The number of H-pyrrole nitrogens is 1. The quantitative estimate of drug-likeness (QED) is 0.674. The Morgan fingerprint density at radius 1 is 1.70 bits per heavy atom. The largest absolute Gasteiger partial charge is 0.285 e. The van der Waals surface area contributed by atoms with Crippen molar-refractivity contribution >= 4 is 0 Å². The van der Waals surface area contributed by atoms with Crippen molar-refractivity contribution in [2.45, 2.75) is 12.8 Å². The molecule has 0 aliphatic heterocycles. The van der Waals surface area contributed by atoms with Gasteiger partial charge in [0, 0.05) is 6.20 Å². The van der Waals surface area contributed by atoms with Crippen LogP contribution >= 0.6 is 0 Å². The van der Waals surface area contributed by atoms with E-state index in [1.807, 2.05) is 0 Å². The highest BCUT2D eigenvalue weighted by atomic mass is 19.3. The molecule has 0 unspecified atom stereocenters. The molecule has 1 N–H and O–H groups in total. The molecule has 0 aromatic carbocycles. The van der Waals surface area contributed by atoms with Crippen LogP contribution in [0.1, 0.15) is 17.7 Å². The highest BCUT2D eigenvalue weighted by Gasteiger charge is 2.13. The molecule has 0 aliphatic rings. The lowest BCUT2D eigenvalue weighted by Crippen LogP contribution is -1.89. The predicted octanol–water partition coefficient (Wildman–Crippen LogP) is 1.72. The Hall–Kier alpha value is -0.930. The highest BCUT2D eigenvalue weighted by molar-refractivity contribution is 5.17. The summed E-state index contributed by atoms with van der Waals surface area (Å²) in [4.78, 5) is 0. The van der Waals surface area contributed by atoms with E-state index >= 15 is 0 Å². The zero-order valence-electron chi connectivity index (χ0n) is 5.27. The van der Waals surface area contributed by atoms with Gasteiger partial charge in [-0.05, 0) is 18.9 Å². The molecule has 2 nitrogen and oxygen atoms in total. The Labute approximate surface area is 57.3 Å². The first-order valence-electron chi connectivity index (χ1n) is 2.85. The van der Waals surface area contributed by atoms with Gasteiger partial charge in [-0.1, -0.05) is 0 Å². The van der Waals surface area contributed by atoms with Crippen molar-refractivity contribution in [3.63, 3.8) is 0 Å². The van der Waals surface area contributed by atoms with E-state index in [0.29, 0.717) is 12.0 Å². The summed E-state index contributed by atoms with van der Waals surface area (Å²) in [7, 11) is 0. The molecule has 1 aromatic rings. The first kappa shape index (κ1) is 7.18. The number of halogens is 2. The summed E-state index contributed by atoms with van der Waals surface area (Å²) in [5, 5.41) is 5.73. The molecule has 1 heterocycles. The second kappa shape index (κ2) is 2.77. The van der Waals surface area contributed by atoms with Crippen molar-refractivity contribution < 1.29 is 8.78 Å². The second-order valence-electron chi connectivity index (χ2n) is 1.85. The zero-order chi connectivity index (χ0) is 7.56. The van der Waals surface area contributed by atoms with Crippen LogP contribution < -0.4 is 0 Å². The maximum absolute atomic E-state index is 11.9. The van der Waals surface area contributed by atoms with Gasteiger partial charge in [0.25, 0.3) is 6.43 Å². The van der Waals surface area contributed by atoms with Crippen LogP contribution in [-0.4, -0.2) is 10.2 Å². The fourth-order valence-corrected chi connectivity index (χ4v) is 0.715. The van der Waals surface area contributed by atoms with Crippen molar-refractivity contribution in [1.82, 2.24) is 10.2 Å². The standard InChI is InChI=1S/C6H7F2N2/c1-2-4-3-9-10-5(4)6(7)8/h3,6H,1-2H2,(H,9,10). The number of aromatic amines is 1. The van der Waals surface area contributed by atoms with E-state index < -0.39 is 6.43 Å². The lowest BCUT2D eigenvalue weighted by molar-refractivity contribution is 0.145. The van der Waals surface area contributed by atoms with E-state index in [9.17, 15) is 8.78 Å². The topological polar surface area (TPSA) is 28.7 Å². The van der Waals surface area contributed by atoms with Crippen molar-refractivity contribution in [3.05, 3.63) is 24.4 Å². The monoisotopic (exact) mass is 145 g/mol. The number of hydrogen-bond donors (Lipinski definition) is 1. The van der Waals surface area contributed by atoms with Gasteiger partial charge in [0.1, 0.15) is 5.69 Å². The van der Waals surface area contributed by atoms with Crippen LogP contribution in [0.25, 0.3) is 0 Å². The Kier molecular flexibility index (Phi) is 1.99. The minimum atomic E-state index is -2.50. The van der Waals surface area contributed by atoms with E-state index in [1.54, 1.807) is 0 Å². The Balaban J connectivity index is 2.90. The third kappa shape index (κ3) is 1.15. The molecule has 0 saturated heterocycles. The van der Waals surface area contributed by atoms with Crippen LogP contribution in [0, 0.1) is 6.92 Å². The van der Waals surface area contributed by atoms with Gasteiger partial charge in [0.05, 0.1) is 0 Å². The Morgan fingerprint density at radius 3 is 2.80 bits per heavy atom. The van der Waals surface area contributed by atoms with E-state index in [4.69, 9.17) is 0 Å². The number of aromatic nitrogens is 2. The molecule has 10 heavy (non-hydrogen) atoms.